The van der Waals surface area contributed by atoms with Crippen LogP contribution in [0.25, 0.3) is 0 Å². The fourth-order valence-electron chi connectivity index (χ4n) is 3.73. The molecule has 0 bridgehead atoms. The van der Waals surface area contributed by atoms with Gasteiger partial charge in [0.15, 0.2) is 18.2 Å². The van der Waals surface area contributed by atoms with Gasteiger partial charge < -0.3 is 19.7 Å². The van der Waals surface area contributed by atoms with Gasteiger partial charge in [-0.05, 0) is 41.3 Å². The van der Waals surface area contributed by atoms with Gasteiger partial charge >= 0.3 is 0 Å². The van der Waals surface area contributed by atoms with Crippen molar-refractivity contribution in [3.05, 3.63) is 95.8 Å². The Labute approximate surface area is 212 Å². The van der Waals surface area contributed by atoms with E-state index in [4.69, 9.17) is 9.47 Å². The second-order valence-corrected chi connectivity index (χ2v) is 8.94. The maximum Gasteiger partial charge on any atom is 0.261 e. The number of nitrogens with zero attached hydrogens (tertiary/aromatic N) is 1. The third-order valence-corrected chi connectivity index (χ3v) is 5.63. The summed E-state index contributed by atoms with van der Waals surface area (Å²) < 4.78 is 24.9. The quantitative estimate of drug-likeness (QED) is 0.401. The molecule has 6 nitrogen and oxygen atoms in total. The number of nitrogens with one attached hydrogen (secondary N) is 1. The number of hydrogen-bond acceptors (Lipinski definition) is 4. The molecule has 3 rings (SSSR count). The Morgan fingerprint density at radius 1 is 0.944 bits per heavy atom. The molecule has 3 aromatic rings. The molecule has 190 valence electrons. The van der Waals surface area contributed by atoms with Crippen LogP contribution in [0.1, 0.15) is 25.0 Å². The summed E-state index contributed by atoms with van der Waals surface area (Å²) in [5.74, 6) is -0.364. The Hall–Kier alpha value is -3.87. The van der Waals surface area contributed by atoms with Gasteiger partial charge in [0.2, 0.25) is 5.91 Å². The van der Waals surface area contributed by atoms with E-state index in [0.29, 0.717) is 18.7 Å². The van der Waals surface area contributed by atoms with Gasteiger partial charge in [-0.1, -0.05) is 68.4 Å². The zero-order valence-electron chi connectivity index (χ0n) is 20.9. The summed E-state index contributed by atoms with van der Waals surface area (Å²) in [6.45, 7) is 4.25. The van der Waals surface area contributed by atoms with E-state index >= 15 is 0 Å². The summed E-state index contributed by atoms with van der Waals surface area (Å²) in [5.41, 5.74) is 1.71. The first-order valence-electron chi connectivity index (χ1n) is 12.0. The summed E-state index contributed by atoms with van der Waals surface area (Å²) in [5, 5.41) is 2.97. The van der Waals surface area contributed by atoms with E-state index in [1.807, 2.05) is 68.4 Å². The van der Waals surface area contributed by atoms with Crippen molar-refractivity contribution in [1.82, 2.24) is 10.2 Å². The fraction of sp³-hybridized carbons (Fsp3) is 0.310. The van der Waals surface area contributed by atoms with Gasteiger partial charge in [-0.2, -0.15) is 0 Å². The van der Waals surface area contributed by atoms with Gasteiger partial charge in [0, 0.05) is 19.5 Å². The largest absolute Gasteiger partial charge is 0.497 e. The van der Waals surface area contributed by atoms with Crippen LogP contribution in [0.15, 0.2) is 78.9 Å². The van der Waals surface area contributed by atoms with Crippen LogP contribution < -0.4 is 14.8 Å². The smallest absolute Gasteiger partial charge is 0.261 e. The molecule has 0 saturated heterocycles. The molecule has 1 N–H and O–H groups in total. The van der Waals surface area contributed by atoms with Crippen molar-refractivity contribution >= 4 is 11.8 Å². The lowest BCUT2D eigenvalue weighted by Crippen LogP contribution is -2.52. The molecular formula is C29H33FN2O4. The molecule has 3 aromatic carbocycles. The van der Waals surface area contributed by atoms with Crippen LogP contribution in [0.4, 0.5) is 4.39 Å². The van der Waals surface area contributed by atoms with Gasteiger partial charge in [0.25, 0.3) is 5.91 Å². The lowest BCUT2D eigenvalue weighted by Gasteiger charge is -2.31. The number of rotatable bonds is 12. The van der Waals surface area contributed by atoms with Crippen molar-refractivity contribution in [3.8, 4) is 11.5 Å². The van der Waals surface area contributed by atoms with Crippen LogP contribution in [0, 0.1) is 11.7 Å². The average Bonchev–Trinajstić information content (AvgIpc) is 2.89. The lowest BCUT2D eigenvalue weighted by atomic mass is 10.0. The van der Waals surface area contributed by atoms with E-state index in [9.17, 15) is 14.0 Å². The number of halogens is 1. The van der Waals surface area contributed by atoms with Crippen LogP contribution in [0.3, 0.4) is 0 Å². The normalized spacial score (nSPS) is 11.6. The van der Waals surface area contributed by atoms with E-state index in [2.05, 4.69) is 5.32 Å². The maximum atomic E-state index is 14.1. The predicted octanol–water partition coefficient (Wildman–Crippen LogP) is 4.63. The molecule has 0 aromatic heterocycles. The molecule has 7 heteroatoms. The van der Waals surface area contributed by atoms with Gasteiger partial charge in [-0.15, -0.1) is 0 Å². The number of methoxy groups -OCH3 is 1. The number of ether oxygens (including phenoxy) is 2. The van der Waals surface area contributed by atoms with Gasteiger partial charge in [0.05, 0.1) is 7.11 Å². The minimum atomic E-state index is -0.797. The minimum Gasteiger partial charge on any atom is -0.497 e. The zero-order chi connectivity index (χ0) is 25.9. The molecule has 36 heavy (non-hydrogen) atoms. The second kappa shape index (κ2) is 13.3. The third kappa shape index (κ3) is 7.83. The highest BCUT2D eigenvalue weighted by atomic mass is 19.1. The summed E-state index contributed by atoms with van der Waals surface area (Å²) in [4.78, 5) is 28.4. The van der Waals surface area contributed by atoms with Gasteiger partial charge in [-0.3, -0.25) is 9.59 Å². The van der Waals surface area contributed by atoms with Crippen molar-refractivity contribution in [2.45, 2.75) is 32.9 Å². The SMILES string of the molecule is COc1cccc(CN(C(=O)COc2ccccc2F)C(Cc2ccccc2)C(=O)NCC(C)C)c1. The second-order valence-electron chi connectivity index (χ2n) is 8.94. The van der Waals surface area contributed by atoms with E-state index in [0.717, 1.165) is 11.1 Å². The van der Waals surface area contributed by atoms with E-state index in [1.54, 1.807) is 19.2 Å². The van der Waals surface area contributed by atoms with Crippen molar-refractivity contribution < 1.29 is 23.5 Å². The Bertz CT molecular complexity index is 1140. The molecule has 0 aliphatic rings. The molecule has 0 heterocycles. The highest BCUT2D eigenvalue weighted by Crippen LogP contribution is 2.20. The summed E-state index contributed by atoms with van der Waals surface area (Å²) in [6, 6.07) is 22.0. The number of carbonyl (C=O) groups is 2. The van der Waals surface area contributed by atoms with E-state index in [1.165, 1.54) is 17.0 Å². The Balaban J connectivity index is 1.92. The van der Waals surface area contributed by atoms with Gasteiger partial charge in [-0.25, -0.2) is 4.39 Å². The summed E-state index contributed by atoms with van der Waals surface area (Å²) in [6.07, 6.45) is 0.320. The third-order valence-electron chi connectivity index (χ3n) is 5.63. The van der Waals surface area contributed by atoms with Crippen molar-refractivity contribution in [1.29, 1.82) is 0 Å². The van der Waals surface area contributed by atoms with Crippen molar-refractivity contribution in [2.24, 2.45) is 5.92 Å². The maximum absolute atomic E-state index is 14.1. The number of amides is 2. The fourth-order valence-corrected chi connectivity index (χ4v) is 3.73. The Kier molecular flexibility index (Phi) is 9.86. The van der Waals surface area contributed by atoms with Crippen LogP contribution in [0.2, 0.25) is 0 Å². The number of hydrogen-bond donors (Lipinski definition) is 1. The van der Waals surface area contributed by atoms with Crippen molar-refractivity contribution in [2.75, 3.05) is 20.3 Å². The first-order chi connectivity index (χ1) is 17.4. The summed E-state index contributed by atoms with van der Waals surface area (Å²) in [7, 11) is 1.57. The van der Waals surface area contributed by atoms with Gasteiger partial charge in [0.1, 0.15) is 11.8 Å². The average molecular weight is 493 g/mol. The summed E-state index contributed by atoms with van der Waals surface area (Å²) >= 11 is 0. The molecule has 0 spiro atoms. The topological polar surface area (TPSA) is 67.9 Å². The highest BCUT2D eigenvalue weighted by molar-refractivity contribution is 5.88. The van der Waals surface area contributed by atoms with Crippen LogP contribution in [0.5, 0.6) is 11.5 Å². The molecule has 0 radical (unpaired) electrons. The first-order valence-corrected chi connectivity index (χ1v) is 12.0. The molecule has 1 unspecified atom stereocenters. The molecule has 1 atom stereocenters. The molecular weight excluding hydrogens is 459 g/mol. The first kappa shape index (κ1) is 26.7. The standard InChI is InChI=1S/C29H33FN2O4/c1-21(2)18-31-29(34)26(17-22-10-5-4-6-11-22)32(19-23-12-9-13-24(16-23)35-3)28(33)20-36-27-15-8-7-14-25(27)30/h4-16,21,26H,17-20H2,1-3H3,(H,31,34). The Morgan fingerprint density at radius 3 is 2.33 bits per heavy atom. The van der Waals surface area contributed by atoms with Crippen LogP contribution >= 0.6 is 0 Å². The Morgan fingerprint density at radius 2 is 1.64 bits per heavy atom. The predicted molar refractivity (Wildman–Crippen MR) is 137 cm³/mol. The monoisotopic (exact) mass is 492 g/mol. The molecule has 0 saturated carbocycles. The van der Waals surface area contributed by atoms with E-state index in [-0.39, 0.29) is 24.1 Å². The van der Waals surface area contributed by atoms with Crippen molar-refractivity contribution in [3.63, 3.8) is 0 Å². The molecule has 0 fully saturated rings. The number of benzene rings is 3. The minimum absolute atomic E-state index is 0.0175. The lowest BCUT2D eigenvalue weighted by molar-refractivity contribution is -0.142. The van der Waals surface area contributed by atoms with Crippen LogP contribution in [-0.4, -0.2) is 43.0 Å². The highest BCUT2D eigenvalue weighted by Gasteiger charge is 2.31. The number of para-hydroxylation sites is 1. The zero-order valence-corrected chi connectivity index (χ0v) is 20.9. The number of carbonyl (C=O) groups excluding carboxylic acids is 2. The molecule has 2 amide bonds. The molecule has 0 aliphatic heterocycles. The molecule has 0 aliphatic carbocycles. The van der Waals surface area contributed by atoms with E-state index < -0.39 is 24.4 Å². The van der Waals surface area contributed by atoms with Crippen LogP contribution in [-0.2, 0) is 22.6 Å².